The summed E-state index contributed by atoms with van der Waals surface area (Å²) in [4.78, 5) is 0. The van der Waals surface area contributed by atoms with E-state index in [1.165, 1.54) is 24.1 Å². The lowest BCUT2D eigenvalue weighted by molar-refractivity contribution is -0.0685. The Hall–Kier alpha value is -1.45. The number of halogens is 1. The molecule has 1 aromatic carbocycles. The summed E-state index contributed by atoms with van der Waals surface area (Å²) in [6, 6.07) is 6.58. The van der Waals surface area contributed by atoms with Crippen LogP contribution >= 0.6 is 0 Å². The first-order chi connectivity index (χ1) is 13.8. The molecule has 2 N–H and O–H groups in total. The number of hydrogen-bond donors (Lipinski definition) is 2. The van der Waals surface area contributed by atoms with Crippen LogP contribution in [0.5, 0.6) is 0 Å². The Labute approximate surface area is 173 Å². The summed E-state index contributed by atoms with van der Waals surface area (Å²) in [5.74, 6) is 1.53. The minimum atomic E-state index is -0.412. The first-order valence-corrected chi connectivity index (χ1v) is 11.3. The molecule has 4 aliphatic rings. The summed E-state index contributed by atoms with van der Waals surface area (Å²) >= 11 is 0. The summed E-state index contributed by atoms with van der Waals surface area (Å²) in [6.07, 6.45) is 11.0. The molecule has 1 aromatic rings. The van der Waals surface area contributed by atoms with Gasteiger partial charge < -0.3 is 10.2 Å². The summed E-state index contributed by atoms with van der Waals surface area (Å²) in [7, 11) is 0. The molecule has 3 heteroatoms. The maximum absolute atomic E-state index is 13.3. The Bertz CT molecular complexity index is 856. The zero-order chi connectivity index (χ0) is 20.4. The van der Waals surface area contributed by atoms with E-state index in [0.29, 0.717) is 17.8 Å². The molecule has 0 radical (unpaired) electrons. The first kappa shape index (κ1) is 19.5. The summed E-state index contributed by atoms with van der Waals surface area (Å²) in [5, 5.41) is 21.5. The van der Waals surface area contributed by atoms with Gasteiger partial charge in [0.05, 0.1) is 12.2 Å². The topological polar surface area (TPSA) is 40.5 Å². The minimum absolute atomic E-state index is 0.0666. The lowest BCUT2D eigenvalue weighted by Gasteiger charge is -2.57. The zero-order valence-electron chi connectivity index (χ0n) is 17.6. The summed E-state index contributed by atoms with van der Waals surface area (Å²) in [5.41, 5.74) is 3.73. The molecule has 7 atom stereocenters. The molecule has 2 nitrogen and oxygen atoms in total. The number of rotatable bonds is 1. The average Bonchev–Trinajstić information content (AvgIpc) is 2.95. The molecule has 0 saturated heterocycles. The number of aliphatic hydroxyl groups is 2. The molecule has 5 rings (SSSR count). The number of benzene rings is 1. The van der Waals surface area contributed by atoms with Crippen LogP contribution in [0.15, 0.2) is 41.5 Å². The van der Waals surface area contributed by atoms with E-state index in [1.54, 1.807) is 12.1 Å². The van der Waals surface area contributed by atoms with Gasteiger partial charge in [0.15, 0.2) is 0 Å². The standard InChI is InChI=1S/C26H33FO2/c1-25-11-9-20(28)15-18(25)5-8-21-22(25)10-12-26(2)23(21)14-17(24(26)29)13-16-3-6-19(27)7-4-16/h3-7,13,20-24,28-29H,8-12,14-15H2,1-2H3/b17-13+/t20-,21+,22-,23+,24+,25+,26+/m1/s1. The van der Waals surface area contributed by atoms with E-state index in [0.717, 1.165) is 49.7 Å². The number of hydrogen-bond acceptors (Lipinski definition) is 2. The van der Waals surface area contributed by atoms with Gasteiger partial charge in [-0.3, -0.25) is 0 Å². The number of aliphatic hydroxyl groups excluding tert-OH is 2. The molecule has 3 saturated carbocycles. The zero-order valence-corrected chi connectivity index (χ0v) is 17.6. The Balaban J connectivity index is 1.46. The monoisotopic (exact) mass is 396 g/mol. The van der Waals surface area contributed by atoms with Gasteiger partial charge >= 0.3 is 0 Å². The van der Waals surface area contributed by atoms with Crippen LogP contribution in [0.1, 0.15) is 64.4 Å². The largest absolute Gasteiger partial charge is 0.393 e. The second-order valence-corrected chi connectivity index (χ2v) is 10.6. The van der Waals surface area contributed by atoms with Crippen LogP contribution in [-0.4, -0.2) is 22.4 Å². The highest BCUT2D eigenvalue weighted by Crippen LogP contribution is 2.65. The molecule has 3 fully saturated rings. The van der Waals surface area contributed by atoms with Crippen molar-refractivity contribution in [2.75, 3.05) is 0 Å². The molecular weight excluding hydrogens is 363 g/mol. The SMILES string of the molecule is C[C@]12CC[C@@H]3[C@H](CC=C4C[C@H](O)CC[C@@]43C)[C@@H]1C/C(=C\c1ccc(F)cc1)[C@@H]2O. The van der Waals surface area contributed by atoms with E-state index in [4.69, 9.17) is 0 Å². The van der Waals surface area contributed by atoms with Crippen LogP contribution in [0.25, 0.3) is 6.08 Å². The molecule has 4 aliphatic carbocycles. The number of fused-ring (bicyclic) bond motifs is 5. The van der Waals surface area contributed by atoms with Crippen LogP contribution in [0.4, 0.5) is 4.39 Å². The lowest BCUT2D eigenvalue weighted by atomic mass is 9.48. The van der Waals surface area contributed by atoms with Crippen molar-refractivity contribution in [3.8, 4) is 0 Å². The van der Waals surface area contributed by atoms with Crippen molar-refractivity contribution < 1.29 is 14.6 Å². The third-order valence-electron chi connectivity index (χ3n) is 9.17. The Morgan fingerprint density at radius 3 is 2.52 bits per heavy atom. The van der Waals surface area contributed by atoms with Crippen molar-refractivity contribution in [3.63, 3.8) is 0 Å². The Kier molecular flexibility index (Phi) is 4.56. The van der Waals surface area contributed by atoms with Gasteiger partial charge in [0, 0.05) is 5.41 Å². The summed E-state index contributed by atoms with van der Waals surface area (Å²) < 4.78 is 13.3. The molecule has 0 heterocycles. The predicted molar refractivity (Wildman–Crippen MR) is 113 cm³/mol. The maximum atomic E-state index is 13.3. The smallest absolute Gasteiger partial charge is 0.123 e. The van der Waals surface area contributed by atoms with Gasteiger partial charge in [-0.1, -0.05) is 43.7 Å². The van der Waals surface area contributed by atoms with Crippen LogP contribution < -0.4 is 0 Å². The van der Waals surface area contributed by atoms with Crippen molar-refractivity contribution >= 4 is 6.08 Å². The van der Waals surface area contributed by atoms with Crippen molar-refractivity contribution in [1.29, 1.82) is 0 Å². The fourth-order valence-electron chi connectivity index (χ4n) is 7.41. The van der Waals surface area contributed by atoms with Crippen LogP contribution in [0, 0.1) is 34.4 Å². The van der Waals surface area contributed by atoms with Gasteiger partial charge in [0.2, 0.25) is 0 Å². The van der Waals surface area contributed by atoms with Crippen LogP contribution in [-0.2, 0) is 0 Å². The Morgan fingerprint density at radius 1 is 1.00 bits per heavy atom. The highest BCUT2D eigenvalue weighted by atomic mass is 19.1. The van der Waals surface area contributed by atoms with Crippen LogP contribution in [0.3, 0.4) is 0 Å². The van der Waals surface area contributed by atoms with E-state index in [-0.39, 0.29) is 22.8 Å². The van der Waals surface area contributed by atoms with E-state index >= 15 is 0 Å². The number of allylic oxidation sites excluding steroid dienone is 1. The average molecular weight is 397 g/mol. The Morgan fingerprint density at radius 2 is 1.76 bits per heavy atom. The first-order valence-electron chi connectivity index (χ1n) is 11.3. The van der Waals surface area contributed by atoms with Gasteiger partial charge in [0.1, 0.15) is 5.82 Å². The highest BCUT2D eigenvalue weighted by Gasteiger charge is 2.59. The molecule has 0 aliphatic heterocycles. The predicted octanol–water partition coefficient (Wildman–Crippen LogP) is 5.50. The van der Waals surface area contributed by atoms with E-state index in [1.807, 2.05) is 0 Å². The van der Waals surface area contributed by atoms with Gasteiger partial charge in [-0.2, -0.15) is 0 Å². The van der Waals surface area contributed by atoms with Gasteiger partial charge in [-0.25, -0.2) is 4.39 Å². The normalized spacial score (nSPS) is 45.3. The molecule has 0 spiro atoms. The van der Waals surface area contributed by atoms with Gasteiger partial charge in [-0.05, 0) is 91.4 Å². The van der Waals surface area contributed by atoms with E-state index in [2.05, 4.69) is 26.0 Å². The molecule has 0 amide bonds. The summed E-state index contributed by atoms with van der Waals surface area (Å²) in [6.45, 7) is 4.72. The van der Waals surface area contributed by atoms with Crippen molar-refractivity contribution in [2.24, 2.45) is 28.6 Å². The third kappa shape index (κ3) is 2.96. The maximum Gasteiger partial charge on any atom is 0.123 e. The fraction of sp³-hybridized carbons (Fsp3) is 0.615. The molecule has 156 valence electrons. The second kappa shape index (κ2) is 6.78. The molecule has 0 unspecified atom stereocenters. The molecule has 0 bridgehead atoms. The highest BCUT2D eigenvalue weighted by molar-refractivity contribution is 5.55. The van der Waals surface area contributed by atoms with Gasteiger partial charge in [-0.15, -0.1) is 0 Å². The lowest BCUT2D eigenvalue weighted by Crippen LogP contribution is -2.51. The fourth-order valence-corrected chi connectivity index (χ4v) is 7.41. The molecule has 0 aromatic heterocycles. The van der Waals surface area contributed by atoms with E-state index < -0.39 is 6.10 Å². The van der Waals surface area contributed by atoms with Gasteiger partial charge in [0.25, 0.3) is 0 Å². The minimum Gasteiger partial charge on any atom is -0.393 e. The molecular formula is C26H33FO2. The second-order valence-electron chi connectivity index (χ2n) is 10.6. The van der Waals surface area contributed by atoms with E-state index in [9.17, 15) is 14.6 Å². The van der Waals surface area contributed by atoms with Crippen molar-refractivity contribution in [3.05, 3.63) is 52.9 Å². The quantitative estimate of drug-likeness (QED) is 0.615. The third-order valence-corrected chi connectivity index (χ3v) is 9.17. The molecule has 29 heavy (non-hydrogen) atoms. The van der Waals surface area contributed by atoms with Crippen molar-refractivity contribution in [2.45, 2.75) is 71.0 Å². The van der Waals surface area contributed by atoms with Crippen LogP contribution in [0.2, 0.25) is 0 Å². The van der Waals surface area contributed by atoms with Crippen molar-refractivity contribution in [1.82, 2.24) is 0 Å².